The van der Waals surface area contributed by atoms with Crippen LogP contribution in [0.25, 0.3) is 0 Å². The molecule has 5 nitrogen and oxygen atoms in total. The second kappa shape index (κ2) is 4.04. The van der Waals surface area contributed by atoms with Crippen molar-refractivity contribution < 1.29 is 19.7 Å². The normalized spacial score (nSPS) is 40.0. The van der Waals surface area contributed by atoms with E-state index in [1.54, 1.807) is 6.92 Å². The van der Waals surface area contributed by atoms with Gasteiger partial charge in [-0.1, -0.05) is 0 Å². The van der Waals surface area contributed by atoms with Crippen LogP contribution in [0.4, 0.5) is 0 Å². The maximum Gasteiger partial charge on any atom is 0.217 e. The Bertz CT molecular complexity index is 197. The third-order valence-corrected chi connectivity index (χ3v) is 2.17. The van der Waals surface area contributed by atoms with E-state index in [2.05, 4.69) is 5.32 Å². The Kier molecular flexibility index (Phi) is 3.24. The van der Waals surface area contributed by atoms with E-state index in [-0.39, 0.29) is 18.6 Å². The number of aliphatic hydroxyl groups is 2. The number of nitrogens with one attached hydrogen (secondary N) is 1. The second-order valence-corrected chi connectivity index (χ2v) is 3.33. The molecule has 0 aromatic carbocycles. The summed E-state index contributed by atoms with van der Waals surface area (Å²) in [5.74, 6) is -0.241. The van der Waals surface area contributed by atoms with Crippen molar-refractivity contribution in [2.75, 3.05) is 6.61 Å². The lowest BCUT2D eigenvalue weighted by Crippen LogP contribution is -2.58. The van der Waals surface area contributed by atoms with Gasteiger partial charge in [0.25, 0.3) is 0 Å². The van der Waals surface area contributed by atoms with Crippen LogP contribution in [0.5, 0.6) is 0 Å². The molecule has 1 amide bonds. The molecule has 1 unspecified atom stereocenters. The molecule has 0 radical (unpaired) electrons. The minimum atomic E-state index is -0.951. The van der Waals surface area contributed by atoms with E-state index in [4.69, 9.17) is 4.74 Å². The van der Waals surface area contributed by atoms with Crippen LogP contribution in [0, 0.1) is 0 Å². The highest BCUT2D eigenvalue weighted by molar-refractivity contribution is 5.73. The molecule has 1 rings (SSSR count). The summed E-state index contributed by atoms with van der Waals surface area (Å²) in [7, 11) is 0. The zero-order valence-corrected chi connectivity index (χ0v) is 7.73. The van der Waals surface area contributed by atoms with Crippen LogP contribution < -0.4 is 5.32 Å². The number of hydrogen-bond acceptors (Lipinski definition) is 4. The Hall–Kier alpha value is -0.650. The van der Waals surface area contributed by atoms with Crippen LogP contribution in [0.1, 0.15) is 13.8 Å². The number of carbonyl (C=O) groups is 1. The molecule has 4 atom stereocenters. The summed E-state index contributed by atoms with van der Waals surface area (Å²) in [5, 5.41) is 21.4. The van der Waals surface area contributed by atoms with Gasteiger partial charge < -0.3 is 20.3 Å². The first-order valence-electron chi connectivity index (χ1n) is 4.27. The van der Waals surface area contributed by atoms with Crippen molar-refractivity contribution in [1.29, 1.82) is 0 Å². The molecule has 1 saturated heterocycles. The van der Waals surface area contributed by atoms with Crippen molar-refractivity contribution in [1.82, 2.24) is 5.32 Å². The van der Waals surface area contributed by atoms with Gasteiger partial charge in [0, 0.05) is 6.92 Å². The Balaban J connectivity index is 2.53. The highest BCUT2D eigenvalue weighted by Crippen LogP contribution is 2.14. The number of rotatable bonds is 1. The fraction of sp³-hybridized carbons (Fsp3) is 0.875. The van der Waals surface area contributed by atoms with Gasteiger partial charge in [-0.2, -0.15) is 0 Å². The van der Waals surface area contributed by atoms with Crippen molar-refractivity contribution in [3.8, 4) is 0 Å². The molecule has 5 heteroatoms. The van der Waals surface area contributed by atoms with Crippen molar-refractivity contribution in [2.45, 2.75) is 38.2 Å². The number of carbonyl (C=O) groups excluding carboxylic acids is 1. The maximum atomic E-state index is 10.7. The van der Waals surface area contributed by atoms with Crippen LogP contribution in [-0.2, 0) is 9.53 Å². The SMILES string of the molecule is CC(=O)N[C@@H]1COC(C)[C@H](O)[C@@H]1O. The van der Waals surface area contributed by atoms with E-state index in [0.717, 1.165) is 0 Å². The van der Waals surface area contributed by atoms with Crippen molar-refractivity contribution in [2.24, 2.45) is 0 Å². The van der Waals surface area contributed by atoms with Crippen LogP contribution in [0.3, 0.4) is 0 Å². The molecular weight excluding hydrogens is 174 g/mol. The number of amides is 1. The van der Waals surface area contributed by atoms with E-state index >= 15 is 0 Å². The van der Waals surface area contributed by atoms with Gasteiger partial charge in [-0.25, -0.2) is 0 Å². The zero-order chi connectivity index (χ0) is 10.0. The Morgan fingerprint density at radius 3 is 2.62 bits per heavy atom. The minimum Gasteiger partial charge on any atom is -0.388 e. The number of aliphatic hydroxyl groups excluding tert-OH is 2. The molecular formula is C8H15NO4. The first kappa shape index (κ1) is 10.4. The van der Waals surface area contributed by atoms with E-state index < -0.39 is 18.2 Å². The molecule has 1 fully saturated rings. The lowest BCUT2D eigenvalue weighted by atomic mass is 9.99. The Labute approximate surface area is 76.7 Å². The van der Waals surface area contributed by atoms with Gasteiger partial charge in [0.1, 0.15) is 12.2 Å². The van der Waals surface area contributed by atoms with Crippen LogP contribution >= 0.6 is 0 Å². The molecule has 0 bridgehead atoms. The molecule has 3 N–H and O–H groups in total. The molecule has 1 heterocycles. The first-order valence-corrected chi connectivity index (χ1v) is 4.27. The van der Waals surface area contributed by atoms with Crippen LogP contribution in [-0.4, -0.2) is 47.1 Å². The highest BCUT2D eigenvalue weighted by atomic mass is 16.5. The summed E-state index contributed by atoms with van der Waals surface area (Å²) >= 11 is 0. The third kappa shape index (κ3) is 2.40. The molecule has 0 aromatic heterocycles. The van der Waals surface area contributed by atoms with Gasteiger partial charge in [0.05, 0.1) is 18.8 Å². The molecule has 76 valence electrons. The summed E-state index contributed by atoms with van der Waals surface area (Å²) in [5.41, 5.74) is 0. The van der Waals surface area contributed by atoms with E-state index in [1.807, 2.05) is 0 Å². The van der Waals surface area contributed by atoms with Crippen molar-refractivity contribution in [3.05, 3.63) is 0 Å². The first-order chi connectivity index (χ1) is 6.02. The number of hydrogen-bond donors (Lipinski definition) is 3. The summed E-state index contributed by atoms with van der Waals surface area (Å²) in [4.78, 5) is 10.7. The molecule has 1 aliphatic rings. The van der Waals surface area contributed by atoms with Gasteiger partial charge in [0.15, 0.2) is 0 Å². The maximum absolute atomic E-state index is 10.7. The summed E-state index contributed by atoms with van der Waals surface area (Å²) in [6.45, 7) is 3.27. The van der Waals surface area contributed by atoms with E-state index in [9.17, 15) is 15.0 Å². The van der Waals surface area contributed by atoms with E-state index in [0.29, 0.717) is 0 Å². The molecule has 13 heavy (non-hydrogen) atoms. The summed E-state index contributed by atoms with van der Waals surface area (Å²) < 4.78 is 5.15. The zero-order valence-electron chi connectivity index (χ0n) is 7.73. The predicted molar refractivity (Wildman–Crippen MR) is 45.0 cm³/mol. The number of ether oxygens (including phenoxy) is 1. The molecule has 0 aromatic rings. The monoisotopic (exact) mass is 189 g/mol. The van der Waals surface area contributed by atoms with Gasteiger partial charge in [-0.15, -0.1) is 0 Å². The van der Waals surface area contributed by atoms with Gasteiger partial charge in [-0.05, 0) is 6.92 Å². The smallest absolute Gasteiger partial charge is 0.217 e. The van der Waals surface area contributed by atoms with Gasteiger partial charge >= 0.3 is 0 Å². The van der Waals surface area contributed by atoms with Crippen LogP contribution in [0.15, 0.2) is 0 Å². The molecule has 0 aliphatic carbocycles. The Morgan fingerprint density at radius 1 is 1.46 bits per heavy atom. The highest BCUT2D eigenvalue weighted by Gasteiger charge is 2.36. The van der Waals surface area contributed by atoms with Crippen molar-refractivity contribution in [3.63, 3.8) is 0 Å². The van der Waals surface area contributed by atoms with Crippen molar-refractivity contribution >= 4 is 5.91 Å². The average molecular weight is 189 g/mol. The lowest BCUT2D eigenvalue weighted by Gasteiger charge is -2.36. The Morgan fingerprint density at radius 2 is 2.08 bits per heavy atom. The van der Waals surface area contributed by atoms with Crippen LogP contribution in [0.2, 0.25) is 0 Å². The fourth-order valence-corrected chi connectivity index (χ4v) is 1.36. The standard InChI is InChI=1S/C8H15NO4/c1-4-7(11)8(12)6(3-13-4)9-5(2)10/h4,6-8,11-12H,3H2,1-2H3,(H,9,10)/t4?,6-,7+,8-/m1/s1. The minimum absolute atomic E-state index is 0.235. The molecule has 0 spiro atoms. The fourth-order valence-electron chi connectivity index (χ4n) is 1.36. The predicted octanol–water partition coefficient (Wildman–Crippen LogP) is -1.37. The largest absolute Gasteiger partial charge is 0.388 e. The molecule has 0 saturated carbocycles. The quantitative estimate of drug-likeness (QED) is 0.475. The molecule has 1 aliphatic heterocycles. The second-order valence-electron chi connectivity index (χ2n) is 3.33. The van der Waals surface area contributed by atoms with E-state index in [1.165, 1.54) is 6.92 Å². The lowest BCUT2D eigenvalue weighted by molar-refractivity contribution is -0.149. The third-order valence-electron chi connectivity index (χ3n) is 2.17. The average Bonchev–Trinajstić information content (AvgIpc) is 2.06. The van der Waals surface area contributed by atoms with Gasteiger partial charge in [0.2, 0.25) is 5.91 Å². The van der Waals surface area contributed by atoms with Gasteiger partial charge in [-0.3, -0.25) is 4.79 Å². The summed E-state index contributed by atoms with van der Waals surface area (Å²) in [6.07, 6.45) is -2.28. The summed E-state index contributed by atoms with van der Waals surface area (Å²) in [6, 6.07) is -0.510. The topological polar surface area (TPSA) is 78.8 Å².